The predicted octanol–water partition coefficient (Wildman–Crippen LogP) is 11.7. The highest BCUT2D eigenvalue weighted by molar-refractivity contribution is 7.20. The number of benzene rings is 4. The van der Waals surface area contributed by atoms with Crippen molar-refractivity contribution in [3.05, 3.63) is 118 Å². The Morgan fingerprint density at radius 3 is 1.27 bits per heavy atom. The molecule has 0 radical (unpaired) electrons. The highest BCUT2D eigenvalue weighted by atomic mass is 32.1. The highest BCUT2D eigenvalue weighted by Crippen LogP contribution is 2.56. The van der Waals surface area contributed by atoms with Gasteiger partial charge < -0.3 is 0 Å². The van der Waals surface area contributed by atoms with Crippen LogP contribution in [0.25, 0.3) is 42.4 Å². The lowest BCUT2D eigenvalue weighted by atomic mass is 9.79. The molecule has 2 heterocycles. The fraction of sp³-hybridized carbons (Fsp3) is 0.263. The van der Waals surface area contributed by atoms with Gasteiger partial charge in [0.1, 0.15) is 0 Å². The molecule has 6 aromatic rings. The van der Waals surface area contributed by atoms with Crippen molar-refractivity contribution in [2.75, 3.05) is 0 Å². The van der Waals surface area contributed by atoms with E-state index in [1.165, 1.54) is 118 Å². The molecule has 2 aromatic heterocycles. The number of fused-ring (bicyclic) bond motifs is 8. The van der Waals surface area contributed by atoms with E-state index in [4.69, 9.17) is 0 Å². The van der Waals surface area contributed by atoms with Crippen molar-refractivity contribution in [2.45, 2.75) is 64.2 Å². The smallest absolute Gasteiger partial charge is 0.0430 e. The van der Waals surface area contributed by atoms with Crippen LogP contribution >= 0.6 is 22.7 Å². The molecule has 40 heavy (non-hydrogen) atoms. The molecule has 0 bridgehead atoms. The van der Waals surface area contributed by atoms with Crippen molar-refractivity contribution in [1.29, 1.82) is 0 Å². The zero-order valence-corrected chi connectivity index (χ0v) is 24.8. The summed E-state index contributed by atoms with van der Waals surface area (Å²) in [6.07, 6.45) is 12.5. The van der Waals surface area contributed by atoms with Crippen molar-refractivity contribution in [1.82, 2.24) is 0 Å². The van der Waals surface area contributed by atoms with Crippen molar-refractivity contribution < 1.29 is 0 Å². The number of hydrogen-bond donors (Lipinski definition) is 0. The molecule has 0 nitrogen and oxygen atoms in total. The number of rotatable bonds is 12. The van der Waals surface area contributed by atoms with Gasteiger partial charge in [-0.25, -0.2) is 0 Å². The van der Waals surface area contributed by atoms with Crippen LogP contribution < -0.4 is 0 Å². The summed E-state index contributed by atoms with van der Waals surface area (Å²) in [5, 5.41) is 2.85. The Morgan fingerprint density at radius 2 is 0.825 bits per heavy atom. The Labute approximate surface area is 246 Å². The lowest BCUT2D eigenvalue weighted by Gasteiger charge is -2.25. The van der Waals surface area contributed by atoms with Crippen molar-refractivity contribution in [3.8, 4) is 22.3 Å². The standard InChI is InChI=1S/C38H36S2/c1-5-13-27(14-6-1)17-9-3-11-19-31-25-29-21-23-33-35(37(29)39-31)34-24-22-30-26-32(40-38(30)36(33)34)20-12-4-10-18-28-15-7-2-8-16-28/h1-2,5-8,13-16,21-26H,3-4,9-12,17-20H2. The molecular weight excluding hydrogens is 521 g/mol. The molecule has 0 saturated heterocycles. The zero-order chi connectivity index (χ0) is 26.7. The van der Waals surface area contributed by atoms with E-state index in [9.17, 15) is 0 Å². The first-order valence-corrected chi connectivity index (χ1v) is 16.7. The molecule has 1 aliphatic rings. The van der Waals surface area contributed by atoms with Gasteiger partial charge in [0.15, 0.2) is 0 Å². The number of hydrogen-bond acceptors (Lipinski definition) is 2. The molecule has 0 N–H and O–H groups in total. The Morgan fingerprint density at radius 1 is 0.400 bits per heavy atom. The summed E-state index contributed by atoms with van der Waals surface area (Å²) in [6.45, 7) is 0. The quantitative estimate of drug-likeness (QED) is 0.131. The maximum atomic E-state index is 2.45. The van der Waals surface area contributed by atoms with Crippen LogP contribution in [0, 0.1) is 0 Å². The van der Waals surface area contributed by atoms with E-state index in [2.05, 4.69) is 97.1 Å². The summed E-state index contributed by atoms with van der Waals surface area (Å²) < 4.78 is 3.00. The van der Waals surface area contributed by atoms with Gasteiger partial charge in [0, 0.05) is 30.3 Å². The van der Waals surface area contributed by atoms with E-state index in [0.29, 0.717) is 0 Å². The van der Waals surface area contributed by atoms with Gasteiger partial charge in [0.2, 0.25) is 0 Å². The van der Waals surface area contributed by atoms with E-state index >= 15 is 0 Å². The maximum absolute atomic E-state index is 2.45. The van der Waals surface area contributed by atoms with E-state index in [-0.39, 0.29) is 0 Å². The molecule has 200 valence electrons. The molecule has 0 saturated carbocycles. The molecule has 7 rings (SSSR count). The third-order valence-corrected chi connectivity index (χ3v) is 10.9. The Kier molecular flexibility index (Phi) is 7.55. The van der Waals surface area contributed by atoms with Gasteiger partial charge >= 0.3 is 0 Å². The van der Waals surface area contributed by atoms with Gasteiger partial charge in [-0.3, -0.25) is 0 Å². The molecule has 0 fully saturated rings. The Balaban J connectivity index is 0.985. The number of aryl methyl sites for hydroxylation is 4. The van der Waals surface area contributed by atoms with E-state index in [1.54, 1.807) is 9.75 Å². The second-order valence-corrected chi connectivity index (χ2v) is 13.6. The average Bonchev–Trinajstić information content (AvgIpc) is 3.58. The third-order valence-electron chi connectivity index (χ3n) is 8.48. The largest absolute Gasteiger partial charge is 0.140 e. The van der Waals surface area contributed by atoms with Gasteiger partial charge in [-0.1, -0.05) is 97.8 Å². The maximum Gasteiger partial charge on any atom is 0.0430 e. The van der Waals surface area contributed by atoms with Gasteiger partial charge in [-0.2, -0.15) is 0 Å². The molecule has 0 amide bonds. The SMILES string of the molecule is c1ccc(CCCCCc2cc3ccc4c(c3s2)-c2ccc3cc(CCCCCc5ccccc5)sc3c2-4)cc1. The van der Waals surface area contributed by atoms with Crippen LogP contribution in [0.3, 0.4) is 0 Å². The fourth-order valence-corrected chi connectivity index (χ4v) is 8.87. The summed E-state index contributed by atoms with van der Waals surface area (Å²) in [5.74, 6) is 0. The number of thiophene rings is 2. The minimum absolute atomic E-state index is 1.20. The third kappa shape index (κ3) is 5.28. The summed E-state index contributed by atoms with van der Waals surface area (Å²) in [4.78, 5) is 3.09. The van der Waals surface area contributed by atoms with Crippen LogP contribution in [0.1, 0.15) is 59.4 Å². The zero-order valence-electron chi connectivity index (χ0n) is 23.1. The van der Waals surface area contributed by atoms with Crippen LogP contribution in [0.2, 0.25) is 0 Å². The number of unbranched alkanes of at least 4 members (excludes halogenated alkanes) is 4. The molecule has 4 aromatic carbocycles. The Bertz CT molecular complexity index is 1590. The van der Waals surface area contributed by atoms with Crippen molar-refractivity contribution >= 4 is 42.8 Å². The molecule has 1 aliphatic carbocycles. The van der Waals surface area contributed by atoms with Crippen LogP contribution in [0.15, 0.2) is 97.1 Å². The minimum atomic E-state index is 1.20. The minimum Gasteiger partial charge on any atom is -0.140 e. The predicted molar refractivity (Wildman–Crippen MR) is 177 cm³/mol. The first kappa shape index (κ1) is 25.7. The molecule has 2 heteroatoms. The molecule has 0 aliphatic heterocycles. The van der Waals surface area contributed by atoms with E-state index in [0.717, 1.165) is 0 Å². The highest BCUT2D eigenvalue weighted by Gasteiger charge is 2.28. The van der Waals surface area contributed by atoms with Gasteiger partial charge in [-0.05, 0) is 96.5 Å². The lowest BCUT2D eigenvalue weighted by Crippen LogP contribution is -1.98. The Hall–Kier alpha value is -3.20. The summed E-state index contributed by atoms with van der Waals surface area (Å²) in [7, 11) is 0. The lowest BCUT2D eigenvalue weighted by molar-refractivity contribution is 0.682. The summed E-state index contributed by atoms with van der Waals surface area (Å²) in [6, 6.07) is 36.2. The van der Waals surface area contributed by atoms with Crippen LogP contribution in [-0.2, 0) is 25.7 Å². The monoisotopic (exact) mass is 556 g/mol. The van der Waals surface area contributed by atoms with E-state index < -0.39 is 0 Å². The molecular formula is C38H36S2. The van der Waals surface area contributed by atoms with Crippen molar-refractivity contribution in [2.24, 2.45) is 0 Å². The van der Waals surface area contributed by atoms with Gasteiger partial charge in [-0.15, -0.1) is 22.7 Å². The summed E-state index contributed by atoms with van der Waals surface area (Å²) >= 11 is 4.07. The van der Waals surface area contributed by atoms with Crippen LogP contribution in [0.5, 0.6) is 0 Å². The van der Waals surface area contributed by atoms with E-state index in [1.807, 2.05) is 22.7 Å². The summed E-state index contributed by atoms with van der Waals surface area (Å²) in [5.41, 5.74) is 8.89. The normalized spacial score (nSPS) is 12.0. The van der Waals surface area contributed by atoms with Crippen LogP contribution in [-0.4, -0.2) is 0 Å². The second-order valence-electron chi connectivity index (χ2n) is 11.3. The second kappa shape index (κ2) is 11.7. The molecule has 0 unspecified atom stereocenters. The fourth-order valence-electron chi connectivity index (χ4n) is 6.35. The first-order valence-electron chi connectivity index (χ1n) is 15.0. The molecule has 0 spiro atoms. The molecule has 0 atom stereocenters. The first-order chi connectivity index (χ1) is 19.8. The van der Waals surface area contributed by atoms with Gasteiger partial charge in [0.05, 0.1) is 0 Å². The topological polar surface area (TPSA) is 0 Å². The van der Waals surface area contributed by atoms with Gasteiger partial charge in [0.25, 0.3) is 0 Å². The average molecular weight is 557 g/mol. The van der Waals surface area contributed by atoms with Crippen molar-refractivity contribution in [3.63, 3.8) is 0 Å². The van der Waals surface area contributed by atoms with Crippen LogP contribution in [0.4, 0.5) is 0 Å².